The van der Waals surface area contributed by atoms with Crippen LogP contribution in [0.25, 0.3) is 0 Å². The normalized spacial score (nSPS) is 11.7. The molecule has 3 N–H and O–H groups in total. The summed E-state index contributed by atoms with van der Waals surface area (Å²) in [7, 11) is 0. The first kappa shape index (κ1) is 53.7. The van der Waals surface area contributed by atoms with E-state index in [-0.39, 0.29) is 63.4 Å². The molecule has 0 aromatic heterocycles. The van der Waals surface area contributed by atoms with Crippen LogP contribution >= 0.6 is 0 Å². The maximum atomic E-state index is 11.8. The van der Waals surface area contributed by atoms with Crippen LogP contribution in [0.3, 0.4) is 0 Å². The van der Waals surface area contributed by atoms with Crippen molar-refractivity contribution >= 4 is 35.8 Å². The summed E-state index contributed by atoms with van der Waals surface area (Å²) in [6, 6.07) is 27.0. The molecule has 0 amide bonds. The SMILES string of the molecule is CC(C)CCOC(=O)C[C@H](C)C(=O)OCc1ccccc1.CC(C)CCOC(=O)C[C@H](N)C(=O)OCc1ccccc1.C[C@@H](CC(=O)O)C(=O)OCc1ccccc1.[Cl-]. The summed E-state index contributed by atoms with van der Waals surface area (Å²) >= 11 is 0. The number of halogens is 1. The van der Waals surface area contributed by atoms with Gasteiger partial charge in [0.05, 0.1) is 44.3 Å². The highest BCUT2D eigenvalue weighted by atomic mass is 35.5. The largest absolute Gasteiger partial charge is 1.00 e. The number of hydrogen-bond acceptors (Lipinski definition) is 12. The molecule has 13 nitrogen and oxygen atoms in total. The van der Waals surface area contributed by atoms with Gasteiger partial charge >= 0.3 is 35.8 Å². The maximum Gasteiger partial charge on any atom is 0.323 e. The predicted octanol–water partition coefficient (Wildman–Crippen LogP) is 4.23. The first-order valence-electron chi connectivity index (χ1n) is 19.5. The molecule has 0 unspecified atom stereocenters. The molecule has 0 heterocycles. The molecular formula is C45H61ClNO12-. The average molecular weight is 843 g/mol. The van der Waals surface area contributed by atoms with Crippen molar-refractivity contribution in [3.05, 3.63) is 108 Å². The lowest BCUT2D eigenvalue weighted by molar-refractivity contribution is -0.155. The van der Waals surface area contributed by atoms with Crippen LogP contribution in [0.4, 0.5) is 0 Å². The third-order valence-corrected chi connectivity index (χ3v) is 8.04. The number of carboxylic acid groups (broad SMARTS) is 1. The summed E-state index contributed by atoms with van der Waals surface area (Å²) in [6.45, 7) is 12.8. The summed E-state index contributed by atoms with van der Waals surface area (Å²) in [6.07, 6.45) is 1.32. The van der Waals surface area contributed by atoms with Crippen molar-refractivity contribution in [2.45, 2.75) is 99.5 Å². The zero-order chi connectivity index (χ0) is 43.3. The van der Waals surface area contributed by atoms with Gasteiger partial charge in [0.15, 0.2) is 0 Å². The van der Waals surface area contributed by atoms with Crippen LogP contribution in [0.15, 0.2) is 91.0 Å². The average Bonchev–Trinajstić information content (AvgIpc) is 3.19. The molecule has 3 aromatic carbocycles. The second kappa shape index (κ2) is 31.7. The Bertz CT molecular complexity index is 1550. The fraction of sp³-hybridized carbons (Fsp3) is 0.467. The minimum absolute atomic E-state index is 0. The Morgan fingerprint density at radius 3 is 1.15 bits per heavy atom. The number of nitrogens with two attached hydrogens (primary N) is 1. The van der Waals surface area contributed by atoms with E-state index < -0.39 is 41.8 Å². The lowest BCUT2D eigenvalue weighted by atomic mass is 10.1. The summed E-state index contributed by atoms with van der Waals surface area (Å²) in [5.41, 5.74) is 8.33. The Labute approximate surface area is 354 Å². The van der Waals surface area contributed by atoms with E-state index in [0.717, 1.165) is 29.5 Å². The molecule has 0 saturated heterocycles. The number of carboxylic acids is 1. The summed E-state index contributed by atoms with van der Waals surface area (Å²) in [4.78, 5) is 68.3. The van der Waals surface area contributed by atoms with Crippen LogP contribution in [0, 0.1) is 23.7 Å². The van der Waals surface area contributed by atoms with Crippen LogP contribution < -0.4 is 18.1 Å². The van der Waals surface area contributed by atoms with Crippen molar-refractivity contribution in [2.75, 3.05) is 13.2 Å². The molecule has 0 spiro atoms. The van der Waals surface area contributed by atoms with Crippen LogP contribution in [-0.4, -0.2) is 60.2 Å². The van der Waals surface area contributed by atoms with Crippen molar-refractivity contribution in [3.63, 3.8) is 0 Å². The standard InChI is InChI=1S/C17H24O4.C16H23NO4.C12H14O4.ClH/c1-13(2)9-10-20-16(18)11-14(3)17(19)21-12-15-7-5-4-6-8-15;1-12(2)8-9-20-15(18)10-14(17)16(19)21-11-13-6-4-3-5-7-13;1-9(7-11(13)14)12(15)16-8-10-5-3-2-4-6-10;/h4-8,13-14H,9-12H2,1-3H3;3-7,12,14H,8-11,17H2,1-2H3;2-6,9H,7-8H2,1H3,(H,13,14);1H/p-1/t2*14-;9-;/m000./s1. The third kappa shape index (κ3) is 27.9. The van der Waals surface area contributed by atoms with Gasteiger partial charge in [0.25, 0.3) is 0 Å². The summed E-state index contributed by atoms with van der Waals surface area (Å²) < 4.78 is 25.3. The minimum Gasteiger partial charge on any atom is -1.00 e. The number of rotatable bonds is 21. The molecule has 3 aromatic rings. The molecule has 14 heteroatoms. The maximum absolute atomic E-state index is 11.8. The first-order valence-corrected chi connectivity index (χ1v) is 19.5. The fourth-order valence-electron chi connectivity index (χ4n) is 4.45. The van der Waals surface area contributed by atoms with Crippen LogP contribution in [-0.2, 0) is 72.3 Å². The molecular weight excluding hydrogens is 782 g/mol. The van der Waals surface area contributed by atoms with Gasteiger partial charge in [-0.1, -0.05) is 133 Å². The van der Waals surface area contributed by atoms with E-state index in [1.807, 2.05) is 105 Å². The lowest BCUT2D eigenvalue weighted by Gasteiger charge is -2.12. The number of carbonyl (C=O) groups excluding carboxylic acids is 5. The van der Waals surface area contributed by atoms with Crippen LogP contribution in [0.5, 0.6) is 0 Å². The van der Waals surface area contributed by atoms with Gasteiger partial charge in [-0.15, -0.1) is 0 Å². The molecule has 0 aliphatic carbocycles. The van der Waals surface area contributed by atoms with E-state index in [1.54, 1.807) is 13.8 Å². The van der Waals surface area contributed by atoms with Gasteiger partial charge in [-0.25, -0.2) is 0 Å². The number of carbonyl (C=O) groups is 6. The molecule has 0 aliphatic rings. The molecule has 59 heavy (non-hydrogen) atoms. The topological polar surface area (TPSA) is 195 Å². The Hall–Kier alpha value is -5.27. The summed E-state index contributed by atoms with van der Waals surface area (Å²) in [5.74, 6) is -3.41. The zero-order valence-corrected chi connectivity index (χ0v) is 35.8. The number of aliphatic carboxylic acids is 1. The monoisotopic (exact) mass is 842 g/mol. The van der Waals surface area contributed by atoms with E-state index in [9.17, 15) is 28.8 Å². The predicted molar refractivity (Wildman–Crippen MR) is 217 cm³/mol. The number of esters is 5. The Balaban J connectivity index is 0.000000857. The lowest BCUT2D eigenvalue weighted by Crippen LogP contribution is -3.00. The Morgan fingerprint density at radius 2 is 0.814 bits per heavy atom. The van der Waals surface area contributed by atoms with Gasteiger partial charge in [-0.05, 0) is 41.4 Å². The van der Waals surface area contributed by atoms with Crippen LogP contribution in [0.2, 0.25) is 0 Å². The minimum atomic E-state index is -0.996. The zero-order valence-electron chi connectivity index (χ0n) is 35.0. The highest BCUT2D eigenvalue weighted by Gasteiger charge is 2.21. The van der Waals surface area contributed by atoms with Gasteiger partial charge in [-0.3, -0.25) is 28.8 Å². The number of ether oxygens (including phenoxy) is 5. The number of hydrogen-bond donors (Lipinski definition) is 2. The van der Waals surface area contributed by atoms with Gasteiger partial charge in [0.2, 0.25) is 0 Å². The Morgan fingerprint density at radius 1 is 0.492 bits per heavy atom. The second-order valence-corrected chi connectivity index (χ2v) is 14.5. The summed E-state index contributed by atoms with van der Waals surface area (Å²) in [5, 5.41) is 8.51. The van der Waals surface area contributed by atoms with Crippen LogP contribution in [0.1, 0.15) is 90.3 Å². The third-order valence-electron chi connectivity index (χ3n) is 8.04. The van der Waals surface area contributed by atoms with E-state index in [0.29, 0.717) is 25.0 Å². The Kier molecular flexibility index (Phi) is 28.9. The molecule has 326 valence electrons. The van der Waals surface area contributed by atoms with E-state index in [2.05, 4.69) is 13.8 Å². The second-order valence-electron chi connectivity index (χ2n) is 14.5. The van der Waals surface area contributed by atoms with Crippen molar-refractivity contribution in [1.82, 2.24) is 0 Å². The highest BCUT2D eigenvalue weighted by Crippen LogP contribution is 2.11. The van der Waals surface area contributed by atoms with Gasteiger partial charge < -0.3 is 46.9 Å². The molecule has 0 saturated carbocycles. The van der Waals surface area contributed by atoms with Crippen molar-refractivity contribution in [1.29, 1.82) is 0 Å². The highest BCUT2D eigenvalue weighted by molar-refractivity contribution is 5.82. The smallest absolute Gasteiger partial charge is 0.323 e. The van der Waals surface area contributed by atoms with Gasteiger partial charge in [0, 0.05) is 0 Å². The molecule has 3 rings (SSSR count). The van der Waals surface area contributed by atoms with E-state index in [4.69, 9.17) is 34.5 Å². The van der Waals surface area contributed by atoms with Crippen molar-refractivity contribution < 1.29 is 70.0 Å². The molecule has 0 fully saturated rings. The van der Waals surface area contributed by atoms with Crippen molar-refractivity contribution in [3.8, 4) is 0 Å². The molecule has 0 aliphatic heterocycles. The fourth-order valence-corrected chi connectivity index (χ4v) is 4.45. The molecule has 0 bridgehead atoms. The van der Waals surface area contributed by atoms with E-state index >= 15 is 0 Å². The number of benzene rings is 3. The molecule has 0 radical (unpaired) electrons. The van der Waals surface area contributed by atoms with Crippen molar-refractivity contribution in [2.24, 2.45) is 29.4 Å². The van der Waals surface area contributed by atoms with Gasteiger partial charge in [0.1, 0.15) is 25.9 Å². The molecule has 3 atom stereocenters. The quantitative estimate of drug-likeness (QED) is 0.114. The van der Waals surface area contributed by atoms with E-state index in [1.165, 1.54) is 0 Å². The first-order chi connectivity index (χ1) is 27.6. The van der Waals surface area contributed by atoms with Gasteiger partial charge in [-0.2, -0.15) is 0 Å².